The van der Waals surface area contributed by atoms with Gasteiger partial charge in [-0.15, -0.1) is 0 Å². The van der Waals surface area contributed by atoms with Crippen molar-refractivity contribution in [2.45, 2.75) is 33.4 Å². The smallest absolute Gasteiger partial charge is 0.142 e. The van der Waals surface area contributed by atoms with Gasteiger partial charge < -0.3 is 19.5 Å². The molecule has 0 bridgehead atoms. The molecule has 0 spiro atoms. The van der Waals surface area contributed by atoms with Crippen LogP contribution in [0, 0.1) is 0 Å². The van der Waals surface area contributed by atoms with Gasteiger partial charge in [-0.1, -0.05) is 24.3 Å². The van der Waals surface area contributed by atoms with E-state index in [1.54, 1.807) is 0 Å². The van der Waals surface area contributed by atoms with E-state index < -0.39 is 0 Å². The van der Waals surface area contributed by atoms with Gasteiger partial charge in [0.2, 0.25) is 0 Å². The Balaban J connectivity index is 1.89. The van der Waals surface area contributed by atoms with Crippen molar-refractivity contribution in [2.24, 2.45) is 0 Å². The summed E-state index contributed by atoms with van der Waals surface area (Å²) >= 11 is 0. The lowest BCUT2D eigenvalue weighted by atomic mass is 10.2. The monoisotopic (exact) mass is 329 g/mol. The van der Waals surface area contributed by atoms with Crippen LogP contribution < -0.4 is 14.8 Å². The zero-order valence-corrected chi connectivity index (χ0v) is 14.7. The van der Waals surface area contributed by atoms with E-state index in [4.69, 9.17) is 14.2 Å². The quantitative estimate of drug-likeness (QED) is 0.651. The van der Waals surface area contributed by atoms with Crippen LogP contribution in [0.1, 0.15) is 26.3 Å². The average Bonchev–Trinajstić information content (AvgIpc) is 2.58. The van der Waals surface area contributed by atoms with Crippen molar-refractivity contribution in [2.75, 3.05) is 25.1 Å². The molecular weight excluding hydrogens is 302 g/mol. The van der Waals surface area contributed by atoms with Gasteiger partial charge in [-0.05, 0) is 50.6 Å². The van der Waals surface area contributed by atoms with Gasteiger partial charge in [-0.25, -0.2) is 0 Å². The van der Waals surface area contributed by atoms with Crippen LogP contribution in [0.4, 0.5) is 5.69 Å². The lowest BCUT2D eigenvalue weighted by Crippen LogP contribution is -2.08. The number of nitrogens with one attached hydrogen (secondary N) is 1. The van der Waals surface area contributed by atoms with Crippen LogP contribution in [0.25, 0.3) is 0 Å². The molecule has 0 amide bonds. The van der Waals surface area contributed by atoms with Gasteiger partial charge in [0.15, 0.2) is 0 Å². The van der Waals surface area contributed by atoms with E-state index in [0.717, 1.165) is 23.7 Å². The standard InChI is InChI=1S/C20H27NO3/c1-4-22-13-14-23-20-8-6-5-7-19(20)21-15-17-9-11-18(12-10-17)24-16(2)3/h5-12,16,21H,4,13-15H2,1-3H3. The van der Waals surface area contributed by atoms with Crippen molar-refractivity contribution in [3.8, 4) is 11.5 Å². The molecule has 0 atom stereocenters. The molecule has 0 saturated carbocycles. The highest BCUT2D eigenvalue weighted by molar-refractivity contribution is 5.56. The molecule has 0 aliphatic heterocycles. The number of hydrogen-bond acceptors (Lipinski definition) is 4. The van der Waals surface area contributed by atoms with E-state index >= 15 is 0 Å². The molecule has 0 fully saturated rings. The summed E-state index contributed by atoms with van der Waals surface area (Å²) in [6, 6.07) is 16.1. The third kappa shape index (κ3) is 6.13. The molecule has 4 heteroatoms. The molecule has 0 aliphatic carbocycles. The first-order chi connectivity index (χ1) is 11.7. The normalized spacial score (nSPS) is 10.7. The zero-order chi connectivity index (χ0) is 17.2. The molecule has 0 radical (unpaired) electrons. The molecule has 0 aliphatic rings. The topological polar surface area (TPSA) is 39.7 Å². The second-order valence-corrected chi connectivity index (χ2v) is 5.71. The summed E-state index contributed by atoms with van der Waals surface area (Å²) in [4.78, 5) is 0. The molecular formula is C20H27NO3. The van der Waals surface area contributed by atoms with Gasteiger partial charge in [-0.3, -0.25) is 0 Å². The van der Waals surface area contributed by atoms with Crippen molar-refractivity contribution in [1.29, 1.82) is 0 Å². The summed E-state index contributed by atoms with van der Waals surface area (Å²) in [6.07, 6.45) is 0.190. The van der Waals surface area contributed by atoms with E-state index in [-0.39, 0.29) is 6.10 Å². The Kier molecular flexibility index (Phi) is 7.43. The Morgan fingerprint density at radius 1 is 0.958 bits per heavy atom. The molecule has 0 unspecified atom stereocenters. The van der Waals surface area contributed by atoms with Crippen LogP contribution >= 0.6 is 0 Å². The van der Waals surface area contributed by atoms with E-state index in [9.17, 15) is 0 Å². The summed E-state index contributed by atoms with van der Waals surface area (Å²) in [5.74, 6) is 1.74. The molecule has 2 aromatic rings. The third-order valence-electron chi connectivity index (χ3n) is 3.35. The minimum absolute atomic E-state index is 0.190. The van der Waals surface area contributed by atoms with Gasteiger partial charge in [0, 0.05) is 13.2 Å². The second-order valence-electron chi connectivity index (χ2n) is 5.71. The maximum Gasteiger partial charge on any atom is 0.142 e. The summed E-state index contributed by atoms with van der Waals surface area (Å²) < 4.78 is 16.8. The average molecular weight is 329 g/mol. The Bertz CT molecular complexity index is 596. The van der Waals surface area contributed by atoms with Crippen molar-refractivity contribution >= 4 is 5.69 Å². The minimum atomic E-state index is 0.190. The van der Waals surface area contributed by atoms with E-state index in [1.165, 1.54) is 5.56 Å². The van der Waals surface area contributed by atoms with E-state index in [2.05, 4.69) is 17.4 Å². The number of ether oxygens (including phenoxy) is 3. The Morgan fingerprint density at radius 2 is 1.71 bits per heavy atom. The first kappa shape index (κ1) is 18.1. The first-order valence-corrected chi connectivity index (χ1v) is 8.48. The summed E-state index contributed by atoms with van der Waals surface area (Å²) in [7, 11) is 0. The number of rotatable bonds is 10. The molecule has 1 N–H and O–H groups in total. The second kappa shape index (κ2) is 9.83. The SMILES string of the molecule is CCOCCOc1ccccc1NCc1ccc(OC(C)C)cc1. The van der Waals surface area contributed by atoms with E-state index in [0.29, 0.717) is 19.8 Å². The minimum Gasteiger partial charge on any atom is -0.491 e. The van der Waals surface area contributed by atoms with E-state index in [1.807, 2.05) is 57.2 Å². The van der Waals surface area contributed by atoms with Crippen molar-refractivity contribution in [3.05, 3.63) is 54.1 Å². The molecule has 0 aromatic heterocycles. The van der Waals surface area contributed by atoms with Crippen LogP contribution in [0.5, 0.6) is 11.5 Å². The van der Waals surface area contributed by atoms with Crippen molar-refractivity contribution in [3.63, 3.8) is 0 Å². The van der Waals surface area contributed by atoms with Crippen LogP contribution in [-0.2, 0) is 11.3 Å². The maximum atomic E-state index is 5.78. The molecule has 2 aromatic carbocycles. The Morgan fingerprint density at radius 3 is 2.42 bits per heavy atom. The lowest BCUT2D eigenvalue weighted by molar-refractivity contribution is 0.110. The third-order valence-corrected chi connectivity index (χ3v) is 3.35. The van der Waals surface area contributed by atoms with Gasteiger partial charge in [0.1, 0.15) is 18.1 Å². The first-order valence-electron chi connectivity index (χ1n) is 8.48. The van der Waals surface area contributed by atoms with Crippen LogP contribution in [0.3, 0.4) is 0 Å². The van der Waals surface area contributed by atoms with Crippen LogP contribution in [0.2, 0.25) is 0 Å². The Labute approximate surface area is 144 Å². The number of para-hydroxylation sites is 2. The fraction of sp³-hybridized carbons (Fsp3) is 0.400. The largest absolute Gasteiger partial charge is 0.491 e. The highest BCUT2D eigenvalue weighted by Gasteiger charge is 2.03. The molecule has 0 saturated heterocycles. The highest BCUT2D eigenvalue weighted by Crippen LogP contribution is 2.24. The van der Waals surface area contributed by atoms with Gasteiger partial charge in [-0.2, -0.15) is 0 Å². The van der Waals surface area contributed by atoms with Gasteiger partial charge >= 0.3 is 0 Å². The number of anilines is 1. The predicted molar refractivity (Wildman–Crippen MR) is 98.0 cm³/mol. The molecule has 2 rings (SSSR count). The number of hydrogen-bond donors (Lipinski definition) is 1. The van der Waals surface area contributed by atoms with Crippen LogP contribution in [0.15, 0.2) is 48.5 Å². The molecule has 24 heavy (non-hydrogen) atoms. The summed E-state index contributed by atoms with van der Waals surface area (Å²) in [5, 5.41) is 3.42. The maximum absolute atomic E-state index is 5.78. The molecule has 4 nitrogen and oxygen atoms in total. The zero-order valence-electron chi connectivity index (χ0n) is 14.7. The summed E-state index contributed by atoms with van der Waals surface area (Å²) in [5.41, 5.74) is 2.17. The predicted octanol–water partition coefficient (Wildman–Crippen LogP) is 4.50. The lowest BCUT2D eigenvalue weighted by Gasteiger charge is -2.14. The van der Waals surface area contributed by atoms with Crippen molar-refractivity contribution < 1.29 is 14.2 Å². The van der Waals surface area contributed by atoms with Crippen LogP contribution in [-0.4, -0.2) is 25.9 Å². The Hall–Kier alpha value is -2.20. The fourth-order valence-electron chi connectivity index (χ4n) is 2.25. The van der Waals surface area contributed by atoms with Gasteiger partial charge in [0.25, 0.3) is 0 Å². The summed E-state index contributed by atoms with van der Waals surface area (Å²) in [6.45, 7) is 8.62. The number of benzene rings is 2. The van der Waals surface area contributed by atoms with Crippen molar-refractivity contribution in [1.82, 2.24) is 0 Å². The molecule has 0 heterocycles. The molecule has 130 valence electrons. The fourth-order valence-corrected chi connectivity index (χ4v) is 2.25. The highest BCUT2D eigenvalue weighted by atomic mass is 16.5. The van der Waals surface area contributed by atoms with Gasteiger partial charge in [0.05, 0.1) is 18.4 Å².